The highest BCUT2D eigenvalue weighted by molar-refractivity contribution is 5.83. The summed E-state index contributed by atoms with van der Waals surface area (Å²) in [5.74, 6) is 0.690. The minimum Gasteiger partial charge on any atom is -0.340 e. The summed E-state index contributed by atoms with van der Waals surface area (Å²) in [7, 11) is 1.99. The molecule has 6 nitrogen and oxygen atoms in total. The number of carbonyl (C=O) groups is 1. The molecule has 2 aromatic rings. The minimum atomic E-state index is 0.268. The fourth-order valence-electron chi connectivity index (χ4n) is 5.72. The van der Waals surface area contributed by atoms with E-state index < -0.39 is 0 Å². The van der Waals surface area contributed by atoms with Crippen LogP contribution in [0.1, 0.15) is 36.1 Å². The summed E-state index contributed by atoms with van der Waals surface area (Å²) < 4.78 is 1.91. The Morgan fingerprint density at radius 3 is 2.45 bits per heavy atom. The van der Waals surface area contributed by atoms with Crippen molar-refractivity contribution in [2.75, 3.05) is 45.8 Å². The molecule has 5 rings (SSSR count). The second-order valence-corrected chi connectivity index (χ2v) is 10.2. The van der Waals surface area contributed by atoms with Gasteiger partial charge in [-0.15, -0.1) is 0 Å². The number of piperidine rings is 1. The van der Waals surface area contributed by atoms with Gasteiger partial charge in [-0.05, 0) is 50.3 Å². The maximum atomic E-state index is 13.2. The molecule has 1 aromatic heterocycles. The molecule has 0 N–H and O–H groups in total. The van der Waals surface area contributed by atoms with Crippen LogP contribution in [0.3, 0.4) is 0 Å². The lowest BCUT2D eigenvalue weighted by molar-refractivity contribution is -0.135. The van der Waals surface area contributed by atoms with Gasteiger partial charge in [0.15, 0.2) is 0 Å². The Balaban J connectivity index is 1.05. The van der Waals surface area contributed by atoms with E-state index >= 15 is 0 Å². The van der Waals surface area contributed by atoms with Crippen molar-refractivity contribution < 1.29 is 4.79 Å². The number of hydrogen-bond acceptors (Lipinski definition) is 4. The quantitative estimate of drug-likeness (QED) is 0.682. The Labute approximate surface area is 197 Å². The Bertz CT molecular complexity index is 981. The monoisotopic (exact) mass is 447 g/mol. The average molecular weight is 448 g/mol. The second-order valence-electron chi connectivity index (χ2n) is 10.2. The van der Waals surface area contributed by atoms with Crippen LogP contribution in [0.15, 0.2) is 42.6 Å². The van der Waals surface area contributed by atoms with E-state index in [4.69, 9.17) is 0 Å². The number of aryl methyl sites for hydroxylation is 2. The summed E-state index contributed by atoms with van der Waals surface area (Å²) in [5.41, 5.74) is 3.99. The topological polar surface area (TPSA) is 44.6 Å². The zero-order valence-corrected chi connectivity index (χ0v) is 20.1. The molecule has 1 unspecified atom stereocenters. The molecule has 1 aliphatic carbocycles. The fourth-order valence-corrected chi connectivity index (χ4v) is 5.72. The molecule has 1 spiro atoms. The number of amides is 1. The smallest absolute Gasteiger partial charge is 0.226 e. The molecule has 2 aliphatic heterocycles. The van der Waals surface area contributed by atoms with Crippen molar-refractivity contribution in [1.82, 2.24) is 24.5 Å². The van der Waals surface area contributed by atoms with Crippen molar-refractivity contribution in [2.45, 2.75) is 32.7 Å². The van der Waals surface area contributed by atoms with Gasteiger partial charge in [0.1, 0.15) is 0 Å². The van der Waals surface area contributed by atoms with E-state index in [2.05, 4.69) is 69.3 Å². The number of piperazine rings is 1. The molecular formula is C27H37N5O. The summed E-state index contributed by atoms with van der Waals surface area (Å²) in [4.78, 5) is 20.4. The number of carbonyl (C=O) groups excluding carboxylic acids is 1. The van der Waals surface area contributed by atoms with Gasteiger partial charge >= 0.3 is 0 Å². The Kier molecular flexibility index (Phi) is 6.39. The van der Waals surface area contributed by atoms with Crippen molar-refractivity contribution in [3.8, 4) is 0 Å². The first-order chi connectivity index (χ1) is 16.0. The summed E-state index contributed by atoms with van der Waals surface area (Å²) in [6, 6.07) is 10.4. The Morgan fingerprint density at radius 1 is 1.06 bits per heavy atom. The molecule has 3 fully saturated rings. The van der Waals surface area contributed by atoms with Crippen LogP contribution >= 0.6 is 0 Å². The lowest BCUT2D eigenvalue weighted by atomic mass is 9.90. The minimum absolute atomic E-state index is 0.268. The predicted octanol–water partition coefficient (Wildman–Crippen LogP) is 3.19. The van der Waals surface area contributed by atoms with Crippen molar-refractivity contribution in [3.05, 3.63) is 59.4 Å². The van der Waals surface area contributed by atoms with E-state index in [0.717, 1.165) is 77.3 Å². The van der Waals surface area contributed by atoms with Crippen LogP contribution in [0, 0.1) is 18.3 Å². The first-order valence-corrected chi connectivity index (χ1v) is 12.5. The molecule has 1 atom stereocenters. The van der Waals surface area contributed by atoms with Gasteiger partial charge in [0, 0.05) is 64.0 Å². The van der Waals surface area contributed by atoms with Gasteiger partial charge in [-0.2, -0.15) is 5.10 Å². The van der Waals surface area contributed by atoms with Crippen LogP contribution in [-0.2, 0) is 18.4 Å². The first-order valence-electron chi connectivity index (χ1n) is 12.5. The van der Waals surface area contributed by atoms with Gasteiger partial charge in [0.25, 0.3) is 0 Å². The van der Waals surface area contributed by atoms with Crippen molar-refractivity contribution in [3.63, 3.8) is 0 Å². The summed E-state index contributed by atoms with van der Waals surface area (Å²) >= 11 is 0. The largest absolute Gasteiger partial charge is 0.340 e. The highest BCUT2D eigenvalue weighted by atomic mass is 16.2. The number of likely N-dealkylation sites (tertiary alicyclic amines) is 1. The van der Waals surface area contributed by atoms with E-state index in [-0.39, 0.29) is 11.3 Å². The maximum absolute atomic E-state index is 13.2. The van der Waals surface area contributed by atoms with E-state index in [9.17, 15) is 4.79 Å². The van der Waals surface area contributed by atoms with E-state index in [1.807, 2.05) is 17.8 Å². The van der Waals surface area contributed by atoms with Gasteiger partial charge in [-0.1, -0.05) is 42.5 Å². The first kappa shape index (κ1) is 22.4. The van der Waals surface area contributed by atoms with Crippen LogP contribution in [0.4, 0.5) is 0 Å². The van der Waals surface area contributed by atoms with Crippen molar-refractivity contribution in [2.24, 2.45) is 18.4 Å². The highest BCUT2D eigenvalue weighted by Crippen LogP contribution is 2.60. The summed E-state index contributed by atoms with van der Waals surface area (Å²) in [6.45, 7) is 9.92. The van der Waals surface area contributed by atoms with E-state index in [0.29, 0.717) is 5.91 Å². The van der Waals surface area contributed by atoms with Gasteiger partial charge in [0.05, 0.1) is 5.69 Å². The maximum Gasteiger partial charge on any atom is 0.226 e. The molecule has 0 radical (unpaired) electrons. The van der Waals surface area contributed by atoms with Crippen LogP contribution in [-0.4, -0.2) is 76.2 Å². The molecule has 3 heterocycles. The molecule has 1 amide bonds. The third kappa shape index (κ3) is 5.07. The molecular weight excluding hydrogens is 410 g/mol. The third-order valence-corrected chi connectivity index (χ3v) is 8.01. The van der Waals surface area contributed by atoms with Crippen LogP contribution in [0.25, 0.3) is 6.08 Å². The second kappa shape index (κ2) is 9.43. The summed E-state index contributed by atoms with van der Waals surface area (Å²) in [5, 5.41) is 4.47. The molecule has 6 heteroatoms. The van der Waals surface area contributed by atoms with Gasteiger partial charge in [-0.25, -0.2) is 0 Å². The molecule has 33 heavy (non-hydrogen) atoms. The van der Waals surface area contributed by atoms with Crippen LogP contribution in [0.5, 0.6) is 0 Å². The van der Waals surface area contributed by atoms with Crippen molar-refractivity contribution >= 4 is 12.0 Å². The van der Waals surface area contributed by atoms with E-state index in [1.165, 1.54) is 11.1 Å². The number of nitrogens with zero attached hydrogens (tertiary/aromatic N) is 5. The lowest BCUT2D eigenvalue weighted by Gasteiger charge is -2.36. The van der Waals surface area contributed by atoms with Gasteiger partial charge in [-0.3, -0.25) is 19.3 Å². The zero-order chi connectivity index (χ0) is 22.8. The van der Waals surface area contributed by atoms with Crippen molar-refractivity contribution in [1.29, 1.82) is 0 Å². The number of benzene rings is 1. The Morgan fingerprint density at radius 2 is 1.79 bits per heavy atom. The fraction of sp³-hybridized carbons (Fsp3) is 0.556. The Hall–Kier alpha value is -2.44. The number of aromatic nitrogens is 2. The van der Waals surface area contributed by atoms with Crippen LogP contribution < -0.4 is 0 Å². The van der Waals surface area contributed by atoms with Gasteiger partial charge in [0.2, 0.25) is 5.91 Å². The summed E-state index contributed by atoms with van der Waals surface area (Å²) in [6.07, 6.45) is 9.99. The standard InChI is InChI=1S/C27H37N5O/c1-22-24(20-29(2)28-22)21-31-13-10-27(11-14-31)19-25(27)26(33)32-17-15-30(16-18-32)12-6-9-23-7-4-3-5-8-23/h3-9,20,25H,10-19,21H2,1-2H3/b9-6+. The molecule has 176 valence electrons. The molecule has 0 bridgehead atoms. The molecule has 1 aromatic carbocycles. The molecule has 3 aliphatic rings. The molecule has 2 saturated heterocycles. The lowest BCUT2D eigenvalue weighted by Crippen LogP contribution is -2.49. The zero-order valence-electron chi connectivity index (χ0n) is 20.1. The van der Waals surface area contributed by atoms with E-state index in [1.54, 1.807) is 0 Å². The van der Waals surface area contributed by atoms with Crippen LogP contribution in [0.2, 0.25) is 0 Å². The number of rotatable bonds is 6. The SMILES string of the molecule is Cc1nn(C)cc1CN1CCC2(CC1)CC2C(=O)N1CCN(C/C=C/c2ccccc2)CC1. The normalized spacial score (nSPS) is 23.5. The predicted molar refractivity (Wildman–Crippen MR) is 131 cm³/mol. The average Bonchev–Trinajstić information content (AvgIpc) is 3.44. The van der Waals surface area contributed by atoms with Gasteiger partial charge < -0.3 is 4.90 Å². The highest BCUT2D eigenvalue weighted by Gasteiger charge is 2.59. The number of hydrogen-bond donors (Lipinski definition) is 0. The molecule has 1 saturated carbocycles. The third-order valence-electron chi connectivity index (χ3n) is 8.01.